The third-order valence-corrected chi connectivity index (χ3v) is 5.18. The van der Waals surface area contributed by atoms with E-state index in [2.05, 4.69) is 35.0 Å². The summed E-state index contributed by atoms with van der Waals surface area (Å²) in [5.41, 5.74) is 2.25. The number of unbranched alkanes of at least 4 members (excludes halogenated alkanes) is 8. The molecule has 154 valence electrons. The molecule has 2 rings (SSSR count). The van der Waals surface area contributed by atoms with E-state index in [9.17, 15) is 4.79 Å². The summed E-state index contributed by atoms with van der Waals surface area (Å²) in [6.07, 6.45) is 16.1. The number of fused-ring (bicyclic) bond motifs is 1. The van der Waals surface area contributed by atoms with Gasteiger partial charge >= 0.3 is 0 Å². The van der Waals surface area contributed by atoms with E-state index in [-0.39, 0.29) is 5.91 Å². The Morgan fingerprint density at radius 1 is 1.04 bits per heavy atom. The highest BCUT2D eigenvalue weighted by Crippen LogP contribution is 2.18. The number of hydrogen-bond acceptors (Lipinski definition) is 2. The zero-order valence-corrected chi connectivity index (χ0v) is 17.8. The Hall–Kier alpha value is -2.10. The summed E-state index contributed by atoms with van der Waals surface area (Å²) in [6.45, 7) is 5.74. The number of imidazole rings is 1. The van der Waals surface area contributed by atoms with Gasteiger partial charge in [-0.25, -0.2) is 4.98 Å². The van der Waals surface area contributed by atoms with E-state index in [1.165, 1.54) is 63.3 Å². The molecule has 0 unspecified atom stereocenters. The van der Waals surface area contributed by atoms with Crippen molar-refractivity contribution in [1.29, 1.82) is 0 Å². The number of hydrogen-bond donors (Lipinski definition) is 1. The molecule has 0 aliphatic heterocycles. The Labute approximate surface area is 170 Å². The maximum Gasteiger partial charge on any atom is 0.243 e. The highest BCUT2D eigenvalue weighted by Gasteiger charge is 2.10. The minimum Gasteiger partial charge on any atom is -0.352 e. The van der Waals surface area contributed by atoms with Gasteiger partial charge < -0.3 is 9.88 Å². The van der Waals surface area contributed by atoms with Gasteiger partial charge in [0.25, 0.3) is 0 Å². The largest absolute Gasteiger partial charge is 0.352 e. The maximum atomic E-state index is 11.6. The number of rotatable bonds is 14. The van der Waals surface area contributed by atoms with Crippen LogP contribution < -0.4 is 5.32 Å². The zero-order chi connectivity index (χ0) is 20.0. The Morgan fingerprint density at radius 2 is 1.71 bits per heavy atom. The van der Waals surface area contributed by atoms with Crippen LogP contribution in [0.5, 0.6) is 0 Å². The van der Waals surface area contributed by atoms with E-state index in [1.807, 2.05) is 13.0 Å². The van der Waals surface area contributed by atoms with Gasteiger partial charge in [0.2, 0.25) is 5.91 Å². The SMILES string of the molecule is C/C=C/C(=O)NCCc1nc2ccccc2n1CCCCCCCCCCC. The van der Waals surface area contributed by atoms with Gasteiger partial charge in [-0.15, -0.1) is 0 Å². The van der Waals surface area contributed by atoms with Crippen LogP contribution in [0.2, 0.25) is 0 Å². The topological polar surface area (TPSA) is 46.9 Å². The van der Waals surface area contributed by atoms with Crippen molar-refractivity contribution >= 4 is 16.9 Å². The highest BCUT2D eigenvalue weighted by atomic mass is 16.1. The van der Waals surface area contributed by atoms with Crippen LogP contribution in [0.25, 0.3) is 11.0 Å². The molecule has 1 aromatic carbocycles. The third-order valence-electron chi connectivity index (χ3n) is 5.18. The molecular weight excluding hydrogens is 346 g/mol. The average Bonchev–Trinajstić information content (AvgIpc) is 3.04. The average molecular weight is 384 g/mol. The van der Waals surface area contributed by atoms with Crippen LogP contribution in [0.15, 0.2) is 36.4 Å². The first-order valence-corrected chi connectivity index (χ1v) is 11.1. The number of nitrogens with one attached hydrogen (secondary N) is 1. The van der Waals surface area contributed by atoms with Gasteiger partial charge in [0.15, 0.2) is 0 Å². The van der Waals surface area contributed by atoms with Gasteiger partial charge in [-0.2, -0.15) is 0 Å². The lowest BCUT2D eigenvalue weighted by Gasteiger charge is -2.10. The monoisotopic (exact) mass is 383 g/mol. The Kier molecular flexibility index (Phi) is 10.4. The lowest BCUT2D eigenvalue weighted by Crippen LogP contribution is -2.24. The molecule has 2 aromatic rings. The second kappa shape index (κ2) is 13.1. The van der Waals surface area contributed by atoms with E-state index in [4.69, 9.17) is 4.98 Å². The fraction of sp³-hybridized carbons (Fsp3) is 0.583. The molecule has 0 radical (unpaired) electrons. The van der Waals surface area contributed by atoms with E-state index in [0.29, 0.717) is 6.54 Å². The van der Waals surface area contributed by atoms with Gasteiger partial charge in [0.1, 0.15) is 5.82 Å². The summed E-state index contributed by atoms with van der Waals surface area (Å²) in [4.78, 5) is 16.4. The van der Waals surface area contributed by atoms with Crippen LogP contribution in [0.3, 0.4) is 0 Å². The maximum absolute atomic E-state index is 11.6. The quantitative estimate of drug-likeness (QED) is 0.331. The standard InChI is InChI=1S/C24H37N3O/c1-3-5-6-7-8-9-10-11-14-20-27-22-17-13-12-16-21(22)26-23(27)18-19-25-24(28)15-4-2/h4,12-13,15-17H,3,5-11,14,18-20H2,1-2H3,(H,25,28)/b15-4+. The van der Waals surface area contributed by atoms with E-state index >= 15 is 0 Å². The van der Waals surface area contributed by atoms with Crippen molar-refractivity contribution in [2.24, 2.45) is 0 Å². The lowest BCUT2D eigenvalue weighted by atomic mass is 10.1. The molecule has 0 aliphatic rings. The normalized spacial score (nSPS) is 11.5. The molecule has 0 saturated carbocycles. The van der Waals surface area contributed by atoms with Crippen LogP contribution in [0.1, 0.15) is 77.5 Å². The summed E-state index contributed by atoms with van der Waals surface area (Å²) in [5, 5.41) is 2.93. The first kappa shape index (κ1) is 22.2. The molecule has 0 fully saturated rings. The fourth-order valence-electron chi connectivity index (χ4n) is 3.65. The number of aryl methyl sites for hydroxylation is 1. The molecule has 28 heavy (non-hydrogen) atoms. The number of nitrogens with zero attached hydrogens (tertiary/aromatic N) is 2. The van der Waals surface area contributed by atoms with Crippen LogP contribution in [0.4, 0.5) is 0 Å². The number of allylic oxidation sites excluding steroid dienone is 1. The second-order valence-corrected chi connectivity index (χ2v) is 7.54. The minimum atomic E-state index is -0.0379. The number of aromatic nitrogens is 2. The van der Waals surface area contributed by atoms with Crippen molar-refractivity contribution in [3.8, 4) is 0 Å². The Morgan fingerprint density at radius 3 is 2.43 bits per heavy atom. The van der Waals surface area contributed by atoms with E-state index < -0.39 is 0 Å². The number of carbonyl (C=O) groups excluding carboxylic acids is 1. The summed E-state index contributed by atoms with van der Waals surface area (Å²) in [7, 11) is 0. The van der Waals surface area contributed by atoms with Gasteiger partial charge in [-0.1, -0.05) is 76.5 Å². The smallest absolute Gasteiger partial charge is 0.243 e. The van der Waals surface area contributed by atoms with Gasteiger partial charge in [-0.3, -0.25) is 4.79 Å². The summed E-state index contributed by atoms with van der Waals surface area (Å²) in [5.74, 6) is 1.03. The molecule has 1 heterocycles. The summed E-state index contributed by atoms with van der Waals surface area (Å²) >= 11 is 0. The lowest BCUT2D eigenvalue weighted by molar-refractivity contribution is -0.116. The summed E-state index contributed by atoms with van der Waals surface area (Å²) < 4.78 is 2.35. The molecule has 0 saturated heterocycles. The van der Waals surface area contributed by atoms with Crippen molar-refractivity contribution in [3.05, 3.63) is 42.2 Å². The fourth-order valence-corrected chi connectivity index (χ4v) is 3.65. The molecule has 0 aliphatic carbocycles. The highest BCUT2D eigenvalue weighted by molar-refractivity contribution is 5.87. The molecule has 0 bridgehead atoms. The van der Waals surface area contributed by atoms with Crippen LogP contribution in [-0.2, 0) is 17.8 Å². The molecule has 1 N–H and O–H groups in total. The number of amides is 1. The number of carbonyl (C=O) groups is 1. The first-order valence-electron chi connectivity index (χ1n) is 11.1. The number of benzene rings is 1. The van der Waals surface area contributed by atoms with E-state index in [1.54, 1.807) is 12.2 Å². The van der Waals surface area contributed by atoms with E-state index in [0.717, 1.165) is 24.3 Å². The third kappa shape index (κ3) is 7.49. The number of para-hydroxylation sites is 2. The van der Waals surface area contributed by atoms with Crippen LogP contribution in [0, 0.1) is 0 Å². The molecule has 1 amide bonds. The molecule has 0 spiro atoms. The van der Waals surface area contributed by atoms with Gasteiger partial charge in [-0.05, 0) is 31.6 Å². The molecule has 4 nitrogen and oxygen atoms in total. The van der Waals surface area contributed by atoms with Crippen molar-refractivity contribution in [1.82, 2.24) is 14.9 Å². The van der Waals surface area contributed by atoms with Crippen LogP contribution >= 0.6 is 0 Å². The molecule has 4 heteroatoms. The van der Waals surface area contributed by atoms with Crippen molar-refractivity contribution < 1.29 is 4.79 Å². The Bertz CT molecular complexity index is 733. The minimum absolute atomic E-state index is 0.0379. The van der Waals surface area contributed by atoms with Crippen molar-refractivity contribution in [3.63, 3.8) is 0 Å². The molecule has 0 atom stereocenters. The van der Waals surface area contributed by atoms with Crippen LogP contribution in [-0.4, -0.2) is 22.0 Å². The molecular formula is C24H37N3O. The zero-order valence-electron chi connectivity index (χ0n) is 17.8. The Balaban J connectivity index is 1.81. The second-order valence-electron chi connectivity index (χ2n) is 7.54. The summed E-state index contributed by atoms with van der Waals surface area (Å²) in [6, 6.07) is 8.34. The molecule has 1 aromatic heterocycles. The first-order chi connectivity index (χ1) is 13.8. The van der Waals surface area contributed by atoms with Gasteiger partial charge in [0, 0.05) is 19.5 Å². The van der Waals surface area contributed by atoms with Gasteiger partial charge in [0.05, 0.1) is 11.0 Å². The van der Waals surface area contributed by atoms with Crippen molar-refractivity contribution in [2.45, 2.75) is 84.6 Å². The predicted molar refractivity (Wildman–Crippen MR) is 118 cm³/mol. The predicted octanol–water partition coefficient (Wildman–Crippen LogP) is 5.80. The van der Waals surface area contributed by atoms with Crippen molar-refractivity contribution in [2.75, 3.05) is 6.54 Å².